The summed E-state index contributed by atoms with van der Waals surface area (Å²) < 4.78 is 0. The van der Waals surface area contributed by atoms with Gasteiger partial charge < -0.3 is 10.2 Å². The number of hydrogen-bond acceptors (Lipinski definition) is 2. The van der Waals surface area contributed by atoms with E-state index < -0.39 is 0 Å². The monoisotopic (exact) mass is 262 g/mol. The first-order valence-electron chi connectivity index (χ1n) is 6.28. The Morgan fingerprint density at radius 1 is 0.684 bits per heavy atom. The number of hydrogen-bond donors (Lipinski definition) is 2. The van der Waals surface area contributed by atoms with Crippen LogP contribution in [0, 0.1) is 6.92 Å². The summed E-state index contributed by atoms with van der Waals surface area (Å²) in [5.41, 5.74) is 2.73. The van der Waals surface area contributed by atoms with Crippen LogP contribution in [0.25, 0.3) is 0 Å². The molecule has 0 saturated heterocycles. The summed E-state index contributed by atoms with van der Waals surface area (Å²) in [7, 11) is 2.00. The lowest BCUT2D eigenvalue weighted by molar-refractivity contribution is 0.399. The van der Waals surface area contributed by atoms with E-state index in [2.05, 4.69) is 50.2 Å². The van der Waals surface area contributed by atoms with Crippen LogP contribution in [0.5, 0.6) is 0 Å². The van der Waals surface area contributed by atoms with Crippen LogP contribution in [-0.4, -0.2) is 24.4 Å². The van der Waals surface area contributed by atoms with Crippen molar-refractivity contribution in [3.8, 4) is 0 Å². The second-order valence-corrected chi connectivity index (χ2v) is 3.49. The van der Waals surface area contributed by atoms with E-state index in [4.69, 9.17) is 10.2 Å². The molecule has 2 aromatic rings. The predicted molar refractivity (Wildman–Crippen MR) is 83.3 cm³/mol. The highest BCUT2D eigenvalue weighted by atomic mass is 16.2. The van der Waals surface area contributed by atoms with Crippen LogP contribution in [0.15, 0.2) is 60.7 Å². The van der Waals surface area contributed by atoms with E-state index in [1.165, 1.54) is 11.1 Å². The lowest BCUT2D eigenvalue weighted by atomic mass is 10.2. The summed E-state index contributed by atoms with van der Waals surface area (Å²) in [6, 6.07) is 20.7. The molecular formula is C17H26O2. The Hall–Kier alpha value is -1.64. The molecule has 2 heteroatoms. The third kappa shape index (κ3) is 12.6. The van der Waals surface area contributed by atoms with Crippen molar-refractivity contribution in [3.63, 3.8) is 0 Å². The van der Waals surface area contributed by atoms with Gasteiger partial charge in [-0.1, -0.05) is 73.2 Å². The fraction of sp³-hybridized carbons (Fsp3) is 0.294. The van der Waals surface area contributed by atoms with Crippen LogP contribution in [-0.2, 0) is 6.42 Å². The molecule has 0 fully saturated rings. The fourth-order valence-electron chi connectivity index (χ4n) is 1.25. The first-order valence-corrected chi connectivity index (χ1v) is 6.28. The average molecular weight is 262 g/mol. The Labute approximate surface area is 117 Å². The van der Waals surface area contributed by atoms with Gasteiger partial charge >= 0.3 is 0 Å². The molecule has 0 saturated carbocycles. The molecule has 0 bridgehead atoms. The third-order valence-corrected chi connectivity index (χ3v) is 2.19. The molecule has 2 N–H and O–H groups in total. The van der Waals surface area contributed by atoms with Gasteiger partial charge in [0.25, 0.3) is 0 Å². The van der Waals surface area contributed by atoms with Crippen molar-refractivity contribution in [3.05, 3.63) is 71.8 Å². The fourth-order valence-corrected chi connectivity index (χ4v) is 1.25. The molecule has 0 aliphatic rings. The van der Waals surface area contributed by atoms with E-state index in [9.17, 15) is 0 Å². The van der Waals surface area contributed by atoms with Crippen LogP contribution >= 0.6 is 0 Å². The topological polar surface area (TPSA) is 40.5 Å². The summed E-state index contributed by atoms with van der Waals surface area (Å²) in [6.07, 6.45) is 1.14. The van der Waals surface area contributed by atoms with E-state index in [-0.39, 0.29) is 0 Å². The molecule has 0 spiro atoms. The molecule has 2 rings (SSSR count). The summed E-state index contributed by atoms with van der Waals surface area (Å²) in [5, 5.41) is 14.0. The molecule has 2 aromatic carbocycles. The standard InChI is InChI=1S/C8H10.C7H8.2CH4O/c1-2-8-6-4-3-5-7-8;1-7-5-3-2-4-6-7;2*1-2/h3-7H,2H2,1H3;2-6H,1H3;2*2H,1H3. The Morgan fingerprint density at radius 2 is 1.05 bits per heavy atom. The highest BCUT2D eigenvalue weighted by Crippen LogP contribution is 1.96. The van der Waals surface area contributed by atoms with Gasteiger partial charge in [0.05, 0.1) is 0 Å². The summed E-state index contributed by atoms with van der Waals surface area (Å²) in [5.74, 6) is 0. The van der Waals surface area contributed by atoms with Gasteiger partial charge in [0.1, 0.15) is 0 Å². The number of aryl methyl sites for hydroxylation is 2. The zero-order chi connectivity index (χ0) is 14.9. The van der Waals surface area contributed by atoms with Crippen molar-refractivity contribution in [2.24, 2.45) is 0 Å². The van der Waals surface area contributed by atoms with Crippen molar-refractivity contribution < 1.29 is 10.2 Å². The van der Waals surface area contributed by atoms with Crippen LogP contribution in [0.3, 0.4) is 0 Å². The maximum Gasteiger partial charge on any atom is 0.0319 e. The molecule has 0 aromatic heterocycles. The second kappa shape index (κ2) is 16.4. The molecule has 0 atom stereocenters. The Morgan fingerprint density at radius 3 is 1.26 bits per heavy atom. The molecule has 0 heterocycles. The average Bonchev–Trinajstić information content (AvgIpc) is 2.53. The molecular weight excluding hydrogens is 236 g/mol. The van der Waals surface area contributed by atoms with Crippen LogP contribution in [0.1, 0.15) is 18.1 Å². The van der Waals surface area contributed by atoms with E-state index in [1.54, 1.807) is 0 Å². The van der Waals surface area contributed by atoms with Gasteiger partial charge in [0, 0.05) is 14.2 Å². The van der Waals surface area contributed by atoms with Crippen molar-refractivity contribution >= 4 is 0 Å². The zero-order valence-electron chi connectivity index (χ0n) is 12.4. The Kier molecular flexibility index (Phi) is 17.0. The number of benzene rings is 2. The Balaban J connectivity index is 0. The first-order chi connectivity index (χ1) is 9.33. The highest BCUT2D eigenvalue weighted by Gasteiger charge is 1.80. The molecule has 106 valence electrons. The summed E-state index contributed by atoms with van der Waals surface area (Å²) >= 11 is 0. The lowest BCUT2D eigenvalue weighted by Gasteiger charge is -1.89. The lowest BCUT2D eigenvalue weighted by Crippen LogP contribution is -1.73. The van der Waals surface area contributed by atoms with E-state index in [0.29, 0.717) is 0 Å². The van der Waals surface area contributed by atoms with Crippen molar-refractivity contribution in [2.75, 3.05) is 14.2 Å². The third-order valence-electron chi connectivity index (χ3n) is 2.19. The molecule has 0 unspecified atom stereocenters. The molecule has 0 aliphatic heterocycles. The van der Waals surface area contributed by atoms with Crippen LogP contribution in [0.2, 0.25) is 0 Å². The van der Waals surface area contributed by atoms with Crippen LogP contribution in [0.4, 0.5) is 0 Å². The van der Waals surface area contributed by atoms with Crippen molar-refractivity contribution in [1.82, 2.24) is 0 Å². The highest BCUT2D eigenvalue weighted by molar-refractivity contribution is 5.14. The van der Waals surface area contributed by atoms with E-state index in [1.807, 2.05) is 24.3 Å². The van der Waals surface area contributed by atoms with Gasteiger partial charge in [-0.2, -0.15) is 0 Å². The number of rotatable bonds is 1. The SMILES string of the molecule is CCc1ccccc1.CO.CO.Cc1ccccc1. The molecule has 0 aliphatic carbocycles. The van der Waals surface area contributed by atoms with Gasteiger partial charge in [-0.05, 0) is 18.9 Å². The van der Waals surface area contributed by atoms with Gasteiger partial charge in [-0.25, -0.2) is 0 Å². The quantitative estimate of drug-likeness (QED) is 0.826. The normalized spacial score (nSPS) is 7.68. The zero-order valence-corrected chi connectivity index (χ0v) is 12.4. The van der Waals surface area contributed by atoms with Gasteiger partial charge in [-0.15, -0.1) is 0 Å². The smallest absolute Gasteiger partial charge is 0.0319 e. The number of aliphatic hydroxyl groups excluding tert-OH is 2. The van der Waals surface area contributed by atoms with E-state index in [0.717, 1.165) is 20.6 Å². The predicted octanol–water partition coefficient (Wildman–Crippen LogP) is 3.46. The maximum atomic E-state index is 7.00. The molecule has 0 amide bonds. The van der Waals surface area contributed by atoms with Gasteiger partial charge in [0.2, 0.25) is 0 Å². The van der Waals surface area contributed by atoms with Gasteiger partial charge in [-0.3, -0.25) is 0 Å². The largest absolute Gasteiger partial charge is 0.400 e. The molecule has 0 radical (unpaired) electrons. The molecule has 2 nitrogen and oxygen atoms in total. The molecule has 19 heavy (non-hydrogen) atoms. The second-order valence-electron chi connectivity index (χ2n) is 3.49. The summed E-state index contributed by atoms with van der Waals surface area (Å²) in [6.45, 7) is 4.25. The first kappa shape index (κ1) is 19.7. The van der Waals surface area contributed by atoms with E-state index >= 15 is 0 Å². The van der Waals surface area contributed by atoms with Gasteiger partial charge in [0.15, 0.2) is 0 Å². The van der Waals surface area contributed by atoms with Crippen LogP contribution < -0.4 is 0 Å². The minimum atomic E-state index is 1.00. The minimum absolute atomic E-state index is 1.00. The van der Waals surface area contributed by atoms with Crippen molar-refractivity contribution in [1.29, 1.82) is 0 Å². The number of aliphatic hydroxyl groups is 2. The maximum absolute atomic E-state index is 7.00. The minimum Gasteiger partial charge on any atom is -0.400 e. The summed E-state index contributed by atoms with van der Waals surface area (Å²) in [4.78, 5) is 0. The van der Waals surface area contributed by atoms with Crippen molar-refractivity contribution in [2.45, 2.75) is 20.3 Å². The Bertz CT molecular complexity index is 358.